The molecule has 1 amide bonds. The summed E-state index contributed by atoms with van der Waals surface area (Å²) in [6.45, 7) is 2.54. The molecule has 0 aliphatic rings. The SMILES string of the molecule is C[C@H](CC(=O)NCCc1ccc(O)c(O)c1)c1ccccc1. The first-order valence-electron chi connectivity index (χ1n) is 7.38. The summed E-state index contributed by atoms with van der Waals surface area (Å²) in [5.41, 5.74) is 2.02. The Labute approximate surface area is 130 Å². The molecule has 2 aromatic carbocycles. The van der Waals surface area contributed by atoms with Crippen molar-refractivity contribution in [2.45, 2.75) is 25.7 Å². The Kier molecular flexibility index (Phi) is 5.42. The van der Waals surface area contributed by atoms with Crippen LogP contribution >= 0.6 is 0 Å². The number of nitrogens with one attached hydrogen (secondary N) is 1. The van der Waals surface area contributed by atoms with Crippen molar-refractivity contribution < 1.29 is 15.0 Å². The zero-order valence-electron chi connectivity index (χ0n) is 12.6. The number of rotatable bonds is 6. The van der Waals surface area contributed by atoms with Gasteiger partial charge in [-0.3, -0.25) is 4.79 Å². The maximum atomic E-state index is 11.9. The smallest absolute Gasteiger partial charge is 0.220 e. The van der Waals surface area contributed by atoms with Crippen molar-refractivity contribution >= 4 is 5.91 Å². The summed E-state index contributed by atoms with van der Waals surface area (Å²) < 4.78 is 0. The summed E-state index contributed by atoms with van der Waals surface area (Å²) in [5.74, 6) is -0.0794. The number of aromatic hydroxyl groups is 2. The Balaban J connectivity index is 1.77. The Morgan fingerprint density at radius 2 is 1.82 bits per heavy atom. The Morgan fingerprint density at radius 3 is 2.50 bits per heavy atom. The number of phenols is 2. The fourth-order valence-corrected chi connectivity index (χ4v) is 2.32. The number of amides is 1. The van der Waals surface area contributed by atoms with Gasteiger partial charge in [0.05, 0.1) is 0 Å². The number of hydrogen-bond donors (Lipinski definition) is 3. The monoisotopic (exact) mass is 299 g/mol. The van der Waals surface area contributed by atoms with Gasteiger partial charge in [0, 0.05) is 13.0 Å². The minimum atomic E-state index is -0.137. The molecule has 22 heavy (non-hydrogen) atoms. The highest BCUT2D eigenvalue weighted by Gasteiger charge is 2.10. The maximum Gasteiger partial charge on any atom is 0.220 e. The lowest BCUT2D eigenvalue weighted by Crippen LogP contribution is -2.26. The third-order valence-corrected chi connectivity index (χ3v) is 3.64. The van der Waals surface area contributed by atoms with Crippen molar-refractivity contribution in [3.8, 4) is 11.5 Å². The van der Waals surface area contributed by atoms with Crippen LogP contribution in [0.3, 0.4) is 0 Å². The van der Waals surface area contributed by atoms with E-state index in [2.05, 4.69) is 5.32 Å². The van der Waals surface area contributed by atoms with Crippen LogP contribution in [0.5, 0.6) is 11.5 Å². The molecule has 0 saturated carbocycles. The van der Waals surface area contributed by atoms with E-state index in [1.807, 2.05) is 37.3 Å². The molecule has 1 atom stereocenters. The molecule has 0 bridgehead atoms. The molecule has 4 nitrogen and oxygen atoms in total. The lowest BCUT2D eigenvalue weighted by molar-refractivity contribution is -0.121. The van der Waals surface area contributed by atoms with Gasteiger partial charge in [0.25, 0.3) is 0 Å². The molecule has 0 spiro atoms. The molecular formula is C18H21NO3. The molecule has 0 aromatic heterocycles. The van der Waals surface area contributed by atoms with Gasteiger partial charge < -0.3 is 15.5 Å². The minimum Gasteiger partial charge on any atom is -0.504 e. The molecule has 3 N–H and O–H groups in total. The van der Waals surface area contributed by atoms with Crippen LogP contribution in [0.2, 0.25) is 0 Å². The molecule has 0 radical (unpaired) electrons. The van der Waals surface area contributed by atoms with Gasteiger partial charge in [0.2, 0.25) is 5.91 Å². The summed E-state index contributed by atoms with van der Waals surface area (Å²) in [4.78, 5) is 11.9. The first-order valence-corrected chi connectivity index (χ1v) is 7.38. The molecule has 0 unspecified atom stereocenters. The summed E-state index contributed by atoms with van der Waals surface area (Å²) in [5, 5.41) is 21.5. The Hall–Kier alpha value is -2.49. The van der Waals surface area contributed by atoms with Crippen LogP contribution in [0.15, 0.2) is 48.5 Å². The second kappa shape index (κ2) is 7.50. The van der Waals surface area contributed by atoms with E-state index in [0.29, 0.717) is 19.4 Å². The van der Waals surface area contributed by atoms with E-state index in [4.69, 9.17) is 0 Å². The first-order chi connectivity index (χ1) is 10.6. The van der Waals surface area contributed by atoms with E-state index >= 15 is 0 Å². The Morgan fingerprint density at radius 1 is 1.09 bits per heavy atom. The fraction of sp³-hybridized carbons (Fsp3) is 0.278. The minimum absolute atomic E-state index is 0.0133. The van der Waals surface area contributed by atoms with Crippen molar-refractivity contribution in [2.75, 3.05) is 6.54 Å². The number of phenolic OH excluding ortho intramolecular Hbond substituents is 2. The summed E-state index contributed by atoms with van der Waals surface area (Å²) in [6, 6.07) is 14.6. The van der Waals surface area contributed by atoms with Crippen molar-refractivity contribution in [3.05, 3.63) is 59.7 Å². The average Bonchev–Trinajstić information content (AvgIpc) is 2.51. The molecule has 0 fully saturated rings. The highest BCUT2D eigenvalue weighted by Crippen LogP contribution is 2.24. The normalized spacial score (nSPS) is 11.9. The van der Waals surface area contributed by atoms with Gasteiger partial charge in [-0.1, -0.05) is 43.3 Å². The molecule has 116 valence electrons. The standard InChI is InChI=1S/C18H21NO3/c1-13(15-5-3-2-4-6-15)11-18(22)19-10-9-14-7-8-16(20)17(21)12-14/h2-8,12-13,20-21H,9-11H2,1H3,(H,19,22)/t13-/m1/s1. The predicted molar refractivity (Wildman–Crippen MR) is 86.0 cm³/mol. The topological polar surface area (TPSA) is 69.6 Å². The highest BCUT2D eigenvalue weighted by atomic mass is 16.3. The second-order valence-electron chi connectivity index (χ2n) is 5.44. The van der Waals surface area contributed by atoms with E-state index in [1.54, 1.807) is 6.07 Å². The van der Waals surface area contributed by atoms with Crippen molar-refractivity contribution in [2.24, 2.45) is 0 Å². The van der Waals surface area contributed by atoms with Crippen LogP contribution in [-0.4, -0.2) is 22.7 Å². The van der Waals surface area contributed by atoms with Crippen LogP contribution in [0.1, 0.15) is 30.4 Å². The first kappa shape index (κ1) is 15.9. The molecule has 0 saturated heterocycles. The van der Waals surface area contributed by atoms with Gasteiger partial charge in [-0.25, -0.2) is 0 Å². The average molecular weight is 299 g/mol. The van der Waals surface area contributed by atoms with Crippen LogP contribution in [0.25, 0.3) is 0 Å². The largest absolute Gasteiger partial charge is 0.504 e. The second-order valence-corrected chi connectivity index (χ2v) is 5.44. The fourth-order valence-electron chi connectivity index (χ4n) is 2.32. The summed E-state index contributed by atoms with van der Waals surface area (Å²) in [6.07, 6.45) is 1.06. The van der Waals surface area contributed by atoms with E-state index in [0.717, 1.165) is 11.1 Å². The van der Waals surface area contributed by atoms with E-state index < -0.39 is 0 Å². The van der Waals surface area contributed by atoms with E-state index in [1.165, 1.54) is 12.1 Å². The van der Waals surface area contributed by atoms with Gasteiger partial charge in [-0.05, 0) is 35.6 Å². The van der Waals surface area contributed by atoms with Crippen LogP contribution in [0, 0.1) is 0 Å². The number of carbonyl (C=O) groups excluding carboxylic acids is 1. The quantitative estimate of drug-likeness (QED) is 0.718. The molecule has 4 heteroatoms. The summed E-state index contributed by atoms with van der Waals surface area (Å²) >= 11 is 0. The maximum absolute atomic E-state index is 11.9. The van der Waals surface area contributed by atoms with Gasteiger partial charge in [0.1, 0.15) is 0 Å². The molecule has 2 aromatic rings. The van der Waals surface area contributed by atoms with Gasteiger partial charge in [-0.15, -0.1) is 0 Å². The number of carbonyl (C=O) groups is 1. The molecule has 2 rings (SSSR count). The predicted octanol–water partition coefficient (Wildman–Crippen LogP) is 2.95. The molecular weight excluding hydrogens is 278 g/mol. The van der Waals surface area contributed by atoms with Crippen LogP contribution in [-0.2, 0) is 11.2 Å². The Bertz CT molecular complexity index is 625. The lowest BCUT2D eigenvalue weighted by Gasteiger charge is -2.12. The summed E-state index contributed by atoms with van der Waals surface area (Å²) in [7, 11) is 0. The highest BCUT2D eigenvalue weighted by molar-refractivity contribution is 5.76. The van der Waals surface area contributed by atoms with Crippen molar-refractivity contribution in [1.29, 1.82) is 0 Å². The zero-order valence-corrected chi connectivity index (χ0v) is 12.6. The van der Waals surface area contributed by atoms with E-state index in [9.17, 15) is 15.0 Å². The zero-order chi connectivity index (χ0) is 15.9. The van der Waals surface area contributed by atoms with E-state index in [-0.39, 0.29) is 23.3 Å². The van der Waals surface area contributed by atoms with Crippen molar-refractivity contribution in [1.82, 2.24) is 5.32 Å². The van der Waals surface area contributed by atoms with Crippen LogP contribution in [0.4, 0.5) is 0 Å². The molecule has 0 aliphatic carbocycles. The molecule has 0 aliphatic heterocycles. The molecule has 0 heterocycles. The lowest BCUT2D eigenvalue weighted by atomic mass is 9.97. The third-order valence-electron chi connectivity index (χ3n) is 3.64. The third kappa shape index (κ3) is 4.52. The van der Waals surface area contributed by atoms with Crippen molar-refractivity contribution in [3.63, 3.8) is 0 Å². The van der Waals surface area contributed by atoms with Crippen LogP contribution < -0.4 is 5.32 Å². The number of benzene rings is 2. The van der Waals surface area contributed by atoms with Gasteiger partial charge in [0.15, 0.2) is 11.5 Å². The van der Waals surface area contributed by atoms with Gasteiger partial charge in [-0.2, -0.15) is 0 Å². The number of hydrogen-bond acceptors (Lipinski definition) is 3. The van der Waals surface area contributed by atoms with Gasteiger partial charge >= 0.3 is 0 Å².